The molecule has 1 fully saturated rings. The lowest BCUT2D eigenvalue weighted by Gasteiger charge is -2.26. The zero-order valence-corrected chi connectivity index (χ0v) is 17.3. The molecule has 0 unspecified atom stereocenters. The largest absolute Gasteiger partial charge is 0.390 e. The normalized spacial score (nSPS) is 15.0. The Hall–Kier alpha value is -2.63. The number of carbonyl (C=O) groups is 2. The fourth-order valence-corrected chi connectivity index (χ4v) is 4.87. The van der Waals surface area contributed by atoms with Crippen LogP contribution in [-0.2, 0) is 24.3 Å². The lowest BCUT2D eigenvalue weighted by Crippen LogP contribution is -2.49. The first-order valence-electron chi connectivity index (χ1n) is 9.50. The van der Waals surface area contributed by atoms with Crippen LogP contribution in [0.15, 0.2) is 9.59 Å². The predicted octanol–water partition coefficient (Wildman–Crippen LogP) is 1.33. The van der Waals surface area contributed by atoms with Crippen molar-refractivity contribution < 1.29 is 22.8 Å². The van der Waals surface area contributed by atoms with Crippen molar-refractivity contribution in [2.24, 2.45) is 0 Å². The Morgan fingerprint density at radius 1 is 1.17 bits per heavy atom. The Bertz CT molecular complexity index is 1120. The van der Waals surface area contributed by atoms with Crippen molar-refractivity contribution in [1.29, 1.82) is 0 Å². The molecule has 1 aliphatic rings. The summed E-state index contributed by atoms with van der Waals surface area (Å²) >= 11 is 0.836. The molecule has 3 heterocycles. The minimum Gasteiger partial charge on any atom is -0.353 e. The van der Waals surface area contributed by atoms with Gasteiger partial charge in [-0.2, -0.15) is 13.2 Å². The summed E-state index contributed by atoms with van der Waals surface area (Å²) in [4.78, 5) is 51.9. The Morgan fingerprint density at radius 3 is 2.43 bits per heavy atom. The van der Waals surface area contributed by atoms with E-state index in [1.165, 1.54) is 4.90 Å². The average molecular weight is 446 g/mol. The SMILES string of the molecule is CCc1c(C(=O)N2CCNC(=O)C2)sc2c1c(=O)n(CC)c(=O)n2CCC(F)(F)F. The van der Waals surface area contributed by atoms with E-state index >= 15 is 0 Å². The lowest BCUT2D eigenvalue weighted by molar-refractivity contribution is -0.136. The summed E-state index contributed by atoms with van der Waals surface area (Å²) in [7, 11) is 0. The zero-order chi connectivity index (χ0) is 22.2. The van der Waals surface area contributed by atoms with Gasteiger partial charge in [0.2, 0.25) is 5.91 Å². The molecule has 1 N–H and O–H groups in total. The van der Waals surface area contributed by atoms with Gasteiger partial charge in [-0.1, -0.05) is 6.92 Å². The number of halogens is 3. The minimum absolute atomic E-state index is 0.00575. The third kappa shape index (κ3) is 4.00. The number of fused-ring (bicyclic) bond motifs is 1. The summed E-state index contributed by atoms with van der Waals surface area (Å²) in [6, 6.07) is 0. The molecule has 2 aromatic heterocycles. The summed E-state index contributed by atoms with van der Waals surface area (Å²) in [5.41, 5.74) is -1.07. The molecule has 1 aliphatic heterocycles. The van der Waals surface area contributed by atoms with Crippen LogP contribution >= 0.6 is 11.3 Å². The van der Waals surface area contributed by atoms with Crippen LogP contribution < -0.4 is 16.6 Å². The van der Waals surface area contributed by atoms with E-state index in [0.29, 0.717) is 5.56 Å². The quantitative estimate of drug-likeness (QED) is 0.750. The van der Waals surface area contributed by atoms with E-state index in [1.807, 2.05) is 0 Å². The number of piperazine rings is 1. The maximum absolute atomic E-state index is 13.1. The van der Waals surface area contributed by atoms with Gasteiger partial charge in [0.05, 0.1) is 23.2 Å². The summed E-state index contributed by atoms with van der Waals surface area (Å²) in [5, 5.41) is 2.70. The van der Waals surface area contributed by atoms with Gasteiger partial charge >= 0.3 is 11.9 Å². The summed E-state index contributed by atoms with van der Waals surface area (Å²) in [6.45, 7) is 3.05. The molecule has 0 spiro atoms. The van der Waals surface area contributed by atoms with Crippen LogP contribution in [0.3, 0.4) is 0 Å². The van der Waals surface area contributed by atoms with Crippen molar-refractivity contribution in [3.05, 3.63) is 31.3 Å². The molecule has 2 aromatic rings. The van der Waals surface area contributed by atoms with Crippen molar-refractivity contribution in [3.63, 3.8) is 0 Å². The third-order valence-corrected chi connectivity index (χ3v) is 6.21. The van der Waals surface area contributed by atoms with E-state index in [1.54, 1.807) is 13.8 Å². The van der Waals surface area contributed by atoms with Gasteiger partial charge in [-0.25, -0.2) is 4.79 Å². The van der Waals surface area contributed by atoms with Crippen LogP contribution in [0.5, 0.6) is 0 Å². The molecule has 0 atom stereocenters. The van der Waals surface area contributed by atoms with E-state index in [-0.39, 0.29) is 53.6 Å². The molecule has 0 aliphatic carbocycles. The number of aromatic nitrogens is 2. The highest BCUT2D eigenvalue weighted by atomic mass is 32.1. The molecule has 164 valence electrons. The number of amides is 2. The lowest BCUT2D eigenvalue weighted by atomic mass is 10.1. The number of rotatable bonds is 5. The van der Waals surface area contributed by atoms with E-state index in [9.17, 15) is 32.3 Å². The van der Waals surface area contributed by atoms with Crippen molar-refractivity contribution >= 4 is 33.4 Å². The van der Waals surface area contributed by atoms with Crippen LogP contribution in [0.25, 0.3) is 10.2 Å². The molecule has 0 radical (unpaired) electrons. The molecule has 0 saturated carbocycles. The van der Waals surface area contributed by atoms with Gasteiger partial charge in [-0.3, -0.25) is 23.5 Å². The van der Waals surface area contributed by atoms with Gasteiger partial charge in [0.1, 0.15) is 4.83 Å². The highest BCUT2D eigenvalue weighted by Gasteiger charge is 2.31. The number of nitrogens with zero attached hydrogens (tertiary/aromatic N) is 3. The second kappa shape index (κ2) is 8.25. The first-order chi connectivity index (χ1) is 14.1. The molecular formula is C18H21F3N4O4S. The van der Waals surface area contributed by atoms with E-state index < -0.39 is 36.3 Å². The number of aryl methyl sites for hydroxylation is 2. The number of hydrogen-bond acceptors (Lipinski definition) is 5. The Balaban J connectivity index is 2.22. The standard InChI is InChI=1S/C18H21F3N4O4S/c1-3-10-12-14(27)24(4-2)17(29)25(7-5-18(19,20)21)16(12)30-13(10)15(28)23-8-6-22-11(26)9-23/h3-9H2,1-2H3,(H,22,26). The van der Waals surface area contributed by atoms with Crippen LogP contribution in [0.4, 0.5) is 13.2 Å². The second-order valence-electron chi connectivity index (χ2n) is 6.87. The van der Waals surface area contributed by atoms with Crippen molar-refractivity contribution in [2.45, 2.75) is 46.0 Å². The monoisotopic (exact) mass is 446 g/mol. The maximum Gasteiger partial charge on any atom is 0.390 e. The van der Waals surface area contributed by atoms with E-state index in [4.69, 9.17) is 0 Å². The fourth-order valence-electron chi connectivity index (χ4n) is 3.50. The predicted molar refractivity (Wildman–Crippen MR) is 105 cm³/mol. The van der Waals surface area contributed by atoms with Crippen LogP contribution in [0.1, 0.15) is 35.5 Å². The molecule has 8 nitrogen and oxygen atoms in total. The topological polar surface area (TPSA) is 93.4 Å². The van der Waals surface area contributed by atoms with Gasteiger partial charge in [0, 0.05) is 26.2 Å². The highest BCUT2D eigenvalue weighted by Crippen LogP contribution is 2.31. The molecule has 3 rings (SSSR count). The second-order valence-corrected chi connectivity index (χ2v) is 7.87. The molecule has 0 bridgehead atoms. The average Bonchev–Trinajstić information content (AvgIpc) is 3.06. The van der Waals surface area contributed by atoms with Crippen molar-refractivity contribution in [3.8, 4) is 0 Å². The fraction of sp³-hybridized carbons (Fsp3) is 0.556. The molecule has 1 saturated heterocycles. The third-order valence-electron chi connectivity index (χ3n) is 4.96. The Labute approximate surface area is 172 Å². The number of thiophene rings is 1. The van der Waals surface area contributed by atoms with Gasteiger partial charge < -0.3 is 10.2 Å². The maximum atomic E-state index is 13.1. The van der Waals surface area contributed by atoms with Crippen LogP contribution in [0.2, 0.25) is 0 Å². The Kier molecular flexibility index (Phi) is 6.06. The van der Waals surface area contributed by atoms with Crippen molar-refractivity contribution in [1.82, 2.24) is 19.4 Å². The minimum atomic E-state index is -4.48. The summed E-state index contributed by atoms with van der Waals surface area (Å²) in [6.07, 6.45) is -5.44. The Morgan fingerprint density at radius 2 is 1.87 bits per heavy atom. The highest BCUT2D eigenvalue weighted by molar-refractivity contribution is 7.20. The summed E-state index contributed by atoms with van der Waals surface area (Å²) < 4.78 is 40.3. The van der Waals surface area contributed by atoms with Crippen molar-refractivity contribution in [2.75, 3.05) is 19.6 Å². The van der Waals surface area contributed by atoms with E-state index in [0.717, 1.165) is 20.5 Å². The molecule has 0 aromatic carbocycles. The number of hydrogen-bond donors (Lipinski definition) is 1. The zero-order valence-electron chi connectivity index (χ0n) is 16.5. The van der Waals surface area contributed by atoms with Crippen LogP contribution in [0, 0.1) is 0 Å². The van der Waals surface area contributed by atoms with Gasteiger partial charge in [0.15, 0.2) is 0 Å². The molecule has 30 heavy (non-hydrogen) atoms. The van der Waals surface area contributed by atoms with E-state index in [2.05, 4.69) is 5.32 Å². The van der Waals surface area contributed by atoms with Gasteiger partial charge in [0.25, 0.3) is 11.5 Å². The van der Waals surface area contributed by atoms with Crippen LogP contribution in [-0.4, -0.2) is 51.7 Å². The first kappa shape index (κ1) is 22.1. The molecule has 12 heteroatoms. The summed E-state index contributed by atoms with van der Waals surface area (Å²) in [5.74, 6) is -0.788. The van der Waals surface area contributed by atoms with Gasteiger partial charge in [-0.15, -0.1) is 11.3 Å². The number of nitrogens with one attached hydrogen (secondary N) is 1. The number of alkyl halides is 3. The molecular weight excluding hydrogens is 425 g/mol. The molecule has 2 amide bonds. The smallest absolute Gasteiger partial charge is 0.353 e. The first-order valence-corrected chi connectivity index (χ1v) is 10.3. The van der Waals surface area contributed by atoms with Gasteiger partial charge in [-0.05, 0) is 18.9 Å². The number of carbonyl (C=O) groups excluding carboxylic acids is 2.